The molecule has 0 radical (unpaired) electrons. The van der Waals surface area contributed by atoms with Crippen LogP contribution in [0.3, 0.4) is 0 Å². The number of nitrogens with one attached hydrogen (secondary N) is 1. The fourth-order valence-corrected chi connectivity index (χ4v) is 2.56. The quantitative estimate of drug-likeness (QED) is 0.308. The summed E-state index contributed by atoms with van der Waals surface area (Å²) in [7, 11) is 0. The normalized spacial score (nSPS) is 12.2. The van der Waals surface area contributed by atoms with E-state index in [4.69, 9.17) is 15.2 Å². The van der Waals surface area contributed by atoms with E-state index in [1.54, 1.807) is 38.3 Å². The number of nitrogens with zero attached hydrogens (tertiary/aromatic N) is 1. The summed E-state index contributed by atoms with van der Waals surface area (Å²) in [5.41, 5.74) is 5.89. The van der Waals surface area contributed by atoms with Gasteiger partial charge in [-0.1, -0.05) is 18.2 Å². The number of thioether (sulfide) groups is 1. The molecule has 0 aromatic heterocycles. The van der Waals surface area contributed by atoms with Crippen molar-refractivity contribution in [3.8, 4) is 6.07 Å². The topological polar surface area (TPSA) is 114 Å². The number of carbonyl (C=O) groups excluding carboxylic acids is 2. The fraction of sp³-hybridized carbons (Fsp3) is 0.278. The summed E-state index contributed by atoms with van der Waals surface area (Å²) in [6, 6.07) is 10.8. The number of ether oxygens (including phenoxy) is 2. The van der Waals surface area contributed by atoms with E-state index in [1.807, 2.05) is 18.2 Å². The molecule has 1 aromatic carbocycles. The van der Waals surface area contributed by atoms with Gasteiger partial charge < -0.3 is 20.5 Å². The highest BCUT2D eigenvalue weighted by Gasteiger charge is 2.26. The average Bonchev–Trinajstić information content (AvgIpc) is 2.63. The maximum atomic E-state index is 12.5. The van der Waals surface area contributed by atoms with Crippen molar-refractivity contribution in [3.05, 3.63) is 52.2 Å². The Kier molecular flexibility index (Phi) is 8.81. The SMILES string of the molecule is CCOC(=O)/C(C#N)=C(N)/C(C(=O)OCC)=C(\Nc1ccccc1)SC. The van der Waals surface area contributed by atoms with Crippen molar-refractivity contribution in [2.75, 3.05) is 24.8 Å². The standard InChI is InChI=1S/C18H21N3O4S/c1-4-24-17(22)13(11-19)15(20)14(18(23)25-5-2)16(26-3)21-12-9-7-6-8-10-12/h6-10,21H,4-5,20H2,1-3H3/b15-13-,16-14-. The number of para-hydroxylation sites is 1. The summed E-state index contributed by atoms with van der Waals surface area (Å²) < 4.78 is 9.89. The molecule has 0 bridgehead atoms. The van der Waals surface area contributed by atoms with E-state index in [0.29, 0.717) is 10.7 Å². The van der Waals surface area contributed by atoms with Gasteiger partial charge in [0.05, 0.1) is 23.9 Å². The lowest BCUT2D eigenvalue weighted by molar-refractivity contribution is -0.138. The minimum Gasteiger partial charge on any atom is -0.462 e. The Hall–Kier alpha value is -2.92. The van der Waals surface area contributed by atoms with Crippen molar-refractivity contribution in [1.82, 2.24) is 0 Å². The number of hydrogen-bond acceptors (Lipinski definition) is 8. The number of nitrogens with two attached hydrogens (primary N) is 1. The van der Waals surface area contributed by atoms with Gasteiger partial charge in [0.2, 0.25) is 0 Å². The first-order valence-corrected chi connectivity index (χ1v) is 9.07. The van der Waals surface area contributed by atoms with Crippen molar-refractivity contribution in [2.24, 2.45) is 5.73 Å². The molecule has 0 unspecified atom stereocenters. The predicted octanol–water partition coefficient (Wildman–Crippen LogP) is 2.54. The number of rotatable bonds is 8. The summed E-state index contributed by atoms with van der Waals surface area (Å²) >= 11 is 1.20. The van der Waals surface area contributed by atoms with Gasteiger partial charge in [-0.15, -0.1) is 11.8 Å². The third-order valence-electron chi connectivity index (χ3n) is 3.07. The third-order valence-corrected chi connectivity index (χ3v) is 3.79. The lowest BCUT2D eigenvalue weighted by atomic mass is 10.1. The summed E-state index contributed by atoms with van der Waals surface area (Å²) in [5, 5.41) is 12.7. The van der Waals surface area contributed by atoms with E-state index < -0.39 is 17.5 Å². The summed E-state index contributed by atoms with van der Waals surface area (Å²) in [4.78, 5) is 24.5. The van der Waals surface area contributed by atoms with Crippen molar-refractivity contribution in [1.29, 1.82) is 5.26 Å². The first-order chi connectivity index (χ1) is 12.5. The van der Waals surface area contributed by atoms with Gasteiger partial charge in [0.25, 0.3) is 0 Å². The van der Waals surface area contributed by atoms with E-state index in [-0.39, 0.29) is 24.5 Å². The van der Waals surface area contributed by atoms with Crippen LogP contribution in [0, 0.1) is 11.3 Å². The molecule has 0 amide bonds. The van der Waals surface area contributed by atoms with Crippen LogP contribution in [-0.4, -0.2) is 31.4 Å². The maximum Gasteiger partial charge on any atom is 0.351 e. The second-order valence-electron chi connectivity index (χ2n) is 4.74. The molecule has 8 heteroatoms. The van der Waals surface area contributed by atoms with Gasteiger partial charge >= 0.3 is 11.9 Å². The number of carbonyl (C=O) groups is 2. The molecule has 1 rings (SSSR count). The zero-order chi connectivity index (χ0) is 19.5. The minimum atomic E-state index is -0.894. The summed E-state index contributed by atoms with van der Waals surface area (Å²) in [6.07, 6.45) is 1.73. The van der Waals surface area contributed by atoms with Gasteiger partial charge in [0.15, 0.2) is 5.57 Å². The van der Waals surface area contributed by atoms with Crippen molar-refractivity contribution in [3.63, 3.8) is 0 Å². The molecule has 0 aliphatic rings. The van der Waals surface area contributed by atoms with Crippen molar-refractivity contribution in [2.45, 2.75) is 13.8 Å². The third kappa shape index (κ3) is 5.57. The molecule has 0 aliphatic heterocycles. The zero-order valence-corrected chi connectivity index (χ0v) is 15.7. The number of hydrogen-bond donors (Lipinski definition) is 2. The molecule has 1 aromatic rings. The van der Waals surface area contributed by atoms with E-state index in [9.17, 15) is 14.9 Å². The highest BCUT2D eigenvalue weighted by atomic mass is 32.2. The number of anilines is 1. The molecule has 0 fully saturated rings. The lowest BCUT2D eigenvalue weighted by Crippen LogP contribution is -2.22. The second-order valence-corrected chi connectivity index (χ2v) is 5.56. The predicted molar refractivity (Wildman–Crippen MR) is 101 cm³/mol. The van der Waals surface area contributed by atoms with Crippen LogP contribution in [0.5, 0.6) is 0 Å². The fourth-order valence-electron chi connectivity index (χ4n) is 1.94. The van der Waals surface area contributed by atoms with Gasteiger partial charge in [-0.25, -0.2) is 9.59 Å². The zero-order valence-electron chi connectivity index (χ0n) is 14.9. The highest BCUT2D eigenvalue weighted by Crippen LogP contribution is 2.26. The van der Waals surface area contributed by atoms with Gasteiger partial charge in [-0.05, 0) is 32.2 Å². The Morgan fingerprint density at radius 2 is 1.73 bits per heavy atom. The summed E-state index contributed by atoms with van der Waals surface area (Å²) in [6.45, 7) is 3.45. The van der Waals surface area contributed by atoms with E-state index in [1.165, 1.54) is 11.8 Å². The van der Waals surface area contributed by atoms with Crippen LogP contribution < -0.4 is 11.1 Å². The molecular formula is C18H21N3O4S. The minimum absolute atomic E-state index is 0.0768. The van der Waals surface area contributed by atoms with Crippen LogP contribution in [0.4, 0.5) is 5.69 Å². The number of nitriles is 1. The molecular weight excluding hydrogens is 354 g/mol. The smallest absolute Gasteiger partial charge is 0.351 e. The van der Waals surface area contributed by atoms with E-state index in [0.717, 1.165) is 0 Å². The van der Waals surface area contributed by atoms with Crippen LogP contribution in [0.1, 0.15) is 13.8 Å². The molecule has 3 N–H and O–H groups in total. The molecule has 0 atom stereocenters. The lowest BCUT2D eigenvalue weighted by Gasteiger charge is -2.16. The molecule has 0 saturated heterocycles. The van der Waals surface area contributed by atoms with Crippen molar-refractivity contribution < 1.29 is 19.1 Å². The molecule has 138 valence electrons. The van der Waals surface area contributed by atoms with Gasteiger partial charge in [-0.3, -0.25) is 0 Å². The Morgan fingerprint density at radius 1 is 1.15 bits per heavy atom. The molecule has 7 nitrogen and oxygen atoms in total. The monoisotopic (exact) mass is 375 g/mol. The van der Waals surface area contributed by atoms with Crippen LogP contribution in [0.25, 0.3) is 0 Å². The maximum absolute atomic E-state index is 12.5. The van der Waals surface area contributed by atoms with Gasteiger partial charge in [0, 0.05) is 5.69 Å². The highest BCUT2D eigenvalue weighted by molar-refractivity contribution is 8.02. The number of benzene rings is 1. The Morgan fingerprint density at radius 3 is 2.23 bits per heavy atom. The summed E-state index contributed by atoms with van der Waals surface area (Å²) in [5.74, 6) is -1.63. The number of esters is 2. The largest absolute Gasteiger partial charge is 0.462 e. The Balaban J connectivity index is 3.52. The molecule has 0 aliphatic carbocycles. The Labute approximate surface area is 156 Å². The molecule has 0 saturated carbocycles. The van der Waals surface area contributed by atoms with Gasteiger partial charge in [0.1, 0.15) is 11.6 Å². The van der Waals surface area contributed by atoms with Gasteiger partial charge in [-0.2, -0.15) is 5.26 Å². The van der Waals surface area contributed by atoms with Crippen LogP contribution >= 0.6 is 11.8 Å². The van der Waals surface area contributed by atoms with Crippen molar-refractivity contribution >= 4 is 29.4 Å². The molecule has 0 heterocycles. The first kappa shape index (κ1) is 21.1. The van der Waals surface area contributed by atoms with E-state index >= 15 is 0 Å². The Bertz CT molecular complexity index is 751. The van der Waals surface area contributed by atoms with Crippen LogP contribution in [0.2, 0.25) is 0 Å². The van der Waals surface area contributed by atoms with Crippen LogP contribution in [-0.2, 0) is 19.1 Å². The van der Waals surface area contributed by atoms with E-state index in [2.05, 4.69) is 5.32 Å². The molecule has 26 heavy (non-hydrogen) atoms. The van der Waals surface area contributed by atoms with Crippen LogP contribution in [0.15, 0.2) is 52.2 Å². The second kappa shape index (κ2) is 10.8. The average molecular weight is 375 g/mol. The molecule has 0 spiro atoms. The first-order valence-electron chi connectivity index (χ1n) is 7.84.